The maximum absolute atomic E-state index is 12.8. The second-order valence-corrected chi connectivity index (χ2v) is 7.48. The van der Waals surface area contributed by atoms with Crippen molar-refractivity contribution in [1.82, 2.24) is 10.0 Å². The summed E-state index contributed by atoms with van der Waals surface area (Å²) in [7, 11) is -3.74. The van der Waals surface area contributed by atoms with Crippen molar-refractivity contribution < 1.29 is 17.6 Å². The number of nitrogens with one attached hydrogen (secondary N) is 2. The lowest BCUT2D eigenvalue weighted by atomic mass is 10.0. The van der Waals surface area contributed by atoms with Gasteiger partial charge < -0.3 is 5.32 Å². The van der Waals surface area contributed by atoms with Crippen molar-refractivity contribution in [2.24, 2.45) is 0 Å². The van der Waals surface area contributed by atoms with Crippen molar-refractivity contribution in [3.8, 4) is 0 Å². The first-order valence-electron chi connectivity index (χ1n) is 7.95. The van der Waals surface area contributed by atoms with Gasteiger partial charge in [0.05, 0.1) is 4.90 Å². The Balaban J connectivity index is 1.75. The molecule has 0 spiro atoms. The van der Waals surface area contributed by atoms with Crippen LogP contribution < -0.4 is 10.0 Å². The molecule has 5 nitrogen and oxygen atoms in total. The van der Waals surface area contributed by atoms with E-state index in [2.05, 4.69) is 10.0 Å². The summed E-state index contributed by atoms with van der Waals surface area (Å²) in [6.07, 6.45) is 0.0297. The van der Waals surface area contributed by atoms with Crippen LogP contribution in [0.1, 0.15) is 24.8 Å². The summed E-state index contributed by atoms with van der Waals surface area (Å²) >= 11 is 0. The van der Waals surface area contributed by atoms with Gasteiger partial charge in [0.25, 0.3) is 0 Å². The molecule has 2 aromatic carbocycles. The van der Waals surface area contributed by atoms with Crippen LogP contribution >= 0.6 is 0 Å². The Bertz CT molecular complexity index is 793. The summed E-state index contributed by atoms with van der Waals surface area (Å²) in [5.74, 6) is -0.573. The summed E-state index contributed by atoms with van der Waals surface area (Å²) in [5, 5.41) is 2.79. The Labute approximate surface area is 147 Å². The molecular formula is C18H21FN2O3S. The van der Waals surface area contributed by atoms with Crippen LogP contribution in [0.3, 0.4) is 0 Å². The van der Waals surface area contributed by atoms with Crippen molar-refractivity contribution in [3.05, 3.63) is 66.0 Å². The third-order valence-electron chi connectivity index (χ3n) is 3.74. The van der Waals surface area contributed by atoms with E-state index in [1.54, 1.807) is 0 Å². The molecule has 0 heterocycles. The van der Waals surface area contributed by atoms with E-state index < -0.39 is 15.8 Å². The monoisotopic (exact) mass is 364 g/mol. The van der Waals surface area contributed by atoms with Gasteiger partial charge >= 0.3 is 0 Å². The molecule has 0 radical (unpaired) electrons. The molecule has 0 saturated heterocycles. The zero-order chi connectivity index (χ0) is 18.3. The Kier molecular flexibility index (Phi) is 6.66. The number of halogens is 1. The van der Waals surface area contributed by atoms with Crippen LogP contribution in [0.15, 0.2) is 59.5 Å². The van der Waals surface area contributed by atoms with Gasteiger partial charge in [0.1, 0.15) is 5.82 Å². The molecule has 0 bridgehead atoms. The second kappa shape index (κ2) is 8.73. The number of benzene rings is 2. The number of carbonyl (C=O) groups excluding carboxylic acids is 1. The van der Waals surface area contributed by atoms with Crippen LogP contribution in [0.25, 0.3) is 0 Å². The molecule has 0 aromatic heterocycles. The van der Waals surface area contributed by atoms with Crippen LogP contribution in [0.4, 0.5) is 4.39 Å². The fourth-order valence-corrected chi connectivity index (χ4v) is 3.28. The molecule has 0 aliphatic carbocycles. The lowest BCUT2D eigenvalue weighted by Gasteiger charge is -2.13. The van der Waals surface area contributed by atoms with E-state index in [9.17, 15) is 17.6 Å². The van der Waals surface area contributed by atoms with E-state index in [1.807, 2.05) is 37.3 Å². The molecule has 0 fully saturated rings. The van der Waals surface area contributed by atoms with Gasteiger partial charge in [-0.1, -0.05) is 37.3 Å². The number of sulfonamides is 1. The minimum atomic E-state index is -3.74. The van der Waals surface area contributed by atoms with Crippen molar-refractivity contribution in [2.75, 3.05) is 13.1 Å². The van der Waals surface area contributed by atoms with Gasteiger partial charge in [-0.15, -0.1) is 0 Å². The summed E-state index contributed by atoms with van der Waals surface area (Å²) in [5.41, 5.74) is 1.12. The third-order valence-corrected chi connectivity index (χ3v) is 5.22. The highest BCUT2D eigenvalue weighted by atomic mass is 32.2. The number of hydrogen-bond acceptors (Lipinski definition) is 3. The molecule has 25 heavy (non-hydrogen) atoms. The molecule has 2 rings (SSSR count). The van der Waals surface area contributed by atoms with Gasteiger partial charge in [0.2, 0.25) is 15.9 Å². The fourth-order valence-electron chi connectivity index (χ4n) is 2.25. The average Bonchev–Trinajstić information content (AvgIpc) is 2.60. The largest absolute Gasteiger partial charge is 0.355 e. The van der Waals surface area contributed by atoms with Crippen LogP contribution in [-0.2, 0) is 14.8 Å². The number of hydrogen-bond donors (Lipinski definition) is 2. The highest BCUT2D eigenvalue weighted by Crippen LogP contribution is 2.13. The van der Waals surface area contributed by atoms with E-state index in [1.165, 1.54) is 12.1 Å². The highest BCUT2D eigenvalue weighted by Gasteiger charge is 2.14. The standard InChI is InChI=1S/C18H21FN2O3S/c1-14(15-5-3-2-4-6-15)13-20-18(22)11-12-21-25(23,24)17-9-7-16(19)8-10-17/h2-10,14,21H,11-13H2,1H3,(H,20,22). The van der Waals surface area contributed by atoms with Crippen molar-refractivity contribution in [1.29, 1.82) is 0 Å². The molecule has 0 aliphatic rings. The zero-order valence-corrected chi connectivity index (χ0v) is 14.7. The van der Waals surface area contributed by atoms with Crippen molar-refractivity contribution in [2.45, 2.75) is 24.2 Å². The zero-order valence-electron chi connectivity index (χ0n) is 13.9. The van der Waals surface area contributed by atoms with Crippen LogP contribution in [0.5, 0.6) is 0 Å². The number of amides is 1. The van der Waals surface area contributed by atoms with Crippen molar-refractivity contribution >= 4 is 15.9 Å². The van der Waals surface area contributed by atoms with Gasteiger partial charge in [-0.05, 0) is 35.7 Å². The molecular weight excluding hydrogens is 343 g/mol. The molecule has 1 atom stereocenters. The summed E-state index contributed by atoms with van der Waals surface area (Å²) in [6.45, 7) is 2.46. The quantitative estimate of drug-likeness (QED) is 0.755. The van der Waals surface area contributed by atoms with E-state index in [0.29, 0.717) is 6.54 Å². The van der Waals surface area contributed by atoms with Gasteiger partial charge in [-0.25, -0.2) is 17.5 Å². The van der Waals surface area contributed by atoms with Gasteiger partial charge in [0, 0.05) is 19.5 Å². The Morgan fingerprint density at radius 3 is 2.36 bits per heavy atom. The summed E-state index contributed by atoms with van der Waals surface area (Å²) in [6, 6.07) is 14.3. The topological polar surface area (TPSA) is 75.3 Å². The second-order valence-electron chi connectivity index (χ2n) is 5.72. The molecule has 7 heteroatoms. The van der Waals surface area contributed by atoms with E-state index >= 15 is 0 Å². The minimum Gasteiger partial charge on any atom is -0.355 e. The maximum Gasteiger partial charge on any atom is 0.240 e. The average molecular weight is 364 g/mol. The Morgan fingerprint density at radius 1 is 1.08 bits per heavy atom. The van der Waals surface area contributed by atoms with Crippen LogP contribution in [0.2, 0.25) is 0 Å². The molecule has 0 saturated carbocycles. The summed E-state index contributed by atoms with van der Waals surface area (Å²) < 4.78 is 39.2. The lowest BCUT2D eigenvalue weighted by molar-refractivity contribution is -0.120. The Morgan fingerprint density at radius 2 is 1.72 bits per heavy atom. The van der Waals surface area contributed by atoms with Gasteiger partial charge in [-0.2, -0.15) is 0 Å². The smallest absolute Gasteiger partial charge is 0.240 e. The first kappa shape index (κ1) is 19.1. The maximum atomic E-state index is 12.8. The molecule has 0 aliphatic heterocycles. The Hall–Kier alpha value is -2.25. The SMILES string of the molecule is CC(CNC(=O)CCNS(=O)(=O)c1ccc(F)cc1)c1ccccc1. The predicted octanol–water partition coefficient (Wildman–Crippen LogP) is 2.41. The molecule has 2 aromatic rings. The molecule has 134 valence electrons. The predicted molar refractivity (Wildman–Crippen MR) is 94.1 cm³/mol. The third kappa shape index (κ3) is 5.95. The lowest BCUT2D eigenvalue weighted by Crippen LogP contribution is -2.32. The van der Waals surface area contributed by atoms with Gasteiger partial charge in [-0.3, -0.25) is 4.79 Å². The van der Waals surface area contributed by atoms with E-state index in [0.717, 1.165) is 17.7 Å². The number of carbonyl (C=O) groups is 1. The minimum absolute atomic E-state index is 0.0226. The first-order chi connectivity index (χ1) is 11.9. The molecule has 2 N–H and O–H groups in total. The van der Waals surface area contributed by atoms with Crippen molar-refractivity contribution in [3.63, 3.8) is 0 Å². The molecule has 1 amide bonds. The number of rotatable bonds is 8. The first-order valence-corrected chi connectivity index (χ1v) is 9.43. The van der Waals surface area contributed by atoms with E-state index in [4.69, 9.17) is 0 Å². The highest BCUT2D eigenvalue weighted by molar-refractivity contribution is 7.89. The normalized spacial score (nSPS) is 12.6. The van der Waals surface area contributed by atoms with E-state index in [-0.39, 0.29) is 29.7 Å². The fraction of sp³-hybridized carbons (Fsp3) is 0.278. The van der Waals surface area contributed by atoms with Gasteiger partial charge in [0.15, 0.2) is 0 Å². The van der Waals surface area contributed by atoms with Crippen LogP contribution in [0, 0.1) is 5.82 Å². The van der Waals surface area contributed by atoms with Crippen LogP contribution in [-0.4, -0.2) is 27.4 Å². The molecule has 1 unspecified atom stereocenters. The summed E-state index contributed by atoms with van der Waals surface area (Å²) in [4.78, 5) is 11.8.